The number of rotatable bonds is 8. The lowest BCUT2D eigenvalue weighted by molar-refractivity contribution is 0.421. The van der Waals surface area contributed by atoms with Crippen LogP contribution in [0.5, 0.6) is 11.5 Å². The third kappa shape index (κ3) is 5.28. The first-order valence-corrected chi connectivity index (χ1v) is 8.67. The van der Waals surface area contributed by atoms with Crippen LogP contribution in [0.4, 0.5) is 0 Å². The van der Waals surface area contributed by atoms with Crippen LogP contribution in [0.15, 0.2) is 34.3 Å². The molecular weight excluding hydrogens is 328 g/mol. The molecule has 0 atom stereocenters. The van der Waals surface area contributed by atoms with E-state index < -0.39 is 0 Å². The predicted molar refractivity (Wildman–Crippen MR) is 109 cm³/mol. The van der Waals surface area contributed by atoms with Gasteiger partial charge in [-0.25, -0.2) is 0 Å². The van der Waals surface area contributed by atoms with Crippen LogP contribution < -0.4 is 0 Å². The molecule has 2 rings (SSSR count). The van der Waals surface area contributed by atoms with Gasteiger partial charge in [0.25, 0.3) is 0 Å². The molecule has 2 aromatic carbocycles. The lowest BCUT2D eigenvalue weighted by Crippen LogP contribution is -2.15. The number of phenolic OH excluding ortho intramolecular Hbond substituents is 2. The van der Waals surface area contributed by atoms with Crippen molar-refractivity contribution in [1.82, 2.24) is 9.80 Å². The van der Waals surface area contributed by atoms with Gasteiger partial charge in [0.05, 0.1) is 18.5 Å². The van der Waals surface area contributed by atoms with Gasteiger partial charge in [-0.1, -0.05) is 12.1 Å². The van der Waals surface area contributed by atoms with Gasteiger partial charge in [0.1, 0.15) is 11.5 Å². The molecular formula is C20H28N4O2. The Morgan fingerprint density at radius 2 is 1.19 bits per heavy atom. The van der Waals surface area contributed by atoms with Crippen molar-refractivity contribution >= 4 is 23.2 Å². The summed E-state index contributed by atoms with van der Waals surface area (Å²) in [6, 6.07) is 7.35. The third-order valence-corrected chi connectivity index (χ3v) is 4.01. The van der Waals surface area contributed by atoms with E-state index in [2.05, 4.69) is 9.98 Å². The monoisotopic (exact) mass is 356 g/mol. The SMILES string of the molecule is CN(C)CCN=Cc1ccc2ccc(C=NCCN(C)C)c(O)c2c1O. The van der Waals surface area contributed by atoms with E-state index in [0.29, 0.717) is 29.6 Å². The van der Waals surface area contributed by atoms with Crippen molar-refractivity contribution in [3.05, 3.63) is 35.4 Å². The average Bonchev–Trinajstić information content (AvgIpc) is 2.58. The molecule has 0 aliphatic carbocycles. The lowest BCUT2D eigenvalue weighted by atomic mass is 10.0. The van der Waals surface area contributed by atoms with Crippen molar-refractivity contribution in [1.29, 1.82) is 0 Å². The molecule has 0 saturated carbocycles. The summed E-state index contributed by atoms with van der Waals surface area (Å²) < 4.78 is 0. The number of hydrogen-bond acceptors (Lipinski definition) is 6. The van der Waals surface area contributed by atoms with Crippen LogP contribution in [0.25, 0.3) is 10.8 Å². The number of phenols is 2. The quantitative estimate of drug-likeness (QED) is 0.712. The van der Waals surface area contributed by atoms with E-state index in [1.807, 2.05) is 50.1 Å². The molecule has 0 aromatic heterocycles. The van der Waals surface area contributed by atoms with Gasteiger partial charge in [-0.2, -0.15) is 0 Å². The average molecular weight is 356 g/mol. The summed E-state index contributed by atoms with van der Waals surface area (Å²) >= 11 is 0. The lowest BCUT2D eigenvalue weighted by Gasteiger charge is -2.09. The van der Waals surface area contributed by atoms with Gasteiger partial charge in [-0.3, -0.25) is 9.98 Å². The van der Waals surface area contributed by atoms with Gasteiger partial charge in [-0.15, -0.1) is 0 Å². The molecule has 0 spiro atoms. The first-order chi connectivity index (χ1) is 12.4. The summed E-state index contributed by atoms with van der Waals surface area (Å²) in [5, 5.41) is 22.4. The normalized spacial score (nSPS) is 12.4. The van der Waals surface area contributed by atoms with Crippen LogP contribution >= 0.6 is 0 Å². The van der Waals surface area contributed by atoms with Crippen LogP contribution in [-0.4, -0.2) is 86.8 Å². The molecule has 0 unspecified atom stereocenters. The number of aromatic hydroxyl groups is 2. The molecule has 0 saturated heterocycles. The Morgan fingerprint density at radius 1 is 0.769 bits per heavy atom. The van der Waals surface area contributed by atoms with Crippen LogP contribution in [0.2, 0.25) is 0 Å². The number of likely N-dealkylation sites (N-methyl/N-ethyl adjacent to an activating group) is 2. The number of fused-ring (bicyclic) bond motifs is 1. The molecule has 0 aliphatic rings. The smallest absolute Gasteiger partial charge is 0.135 e. The Kier molecular flexibility index (Phi) is 7.12. The molecule has 0 amide bonds. The van der Waals surface area contributed by atoms with E-state index in [1.54, 1.807) is 24.6 Å². The fourth-order valence-corrected chi connectivity index (χ4v) is 2.46. The highest BCUT2D eigenvalue weighted by molar-refractivity contribution is 6.04. The summed E-state index contributed by atoms with van der Waals surface area (Å²) in [7, 11) is 7.96. The highest BCUT2D eigenvalue weighted by atomic mass is 16.3. The first kappa shape index (κ1) is 19.9. The van der Waals surface area contributed by atoms with E-state index >= 15 is 0 Å². The summed E-state index contributed by atoms with van der Waals surface area (Å²) in [6.45, 7) is 2.97. The zero-order valence-electron chi connectivity index (χ0n) is 16.0. The predicted octanol–water partition coefficient (Wildman–Crippen LogP) is 2.21. The maximum atomic E-state index is 10.6. The number of hydrogen-bond donors (Lipinski definition) is 2. The van der Waals surface area contributed by atoms with E-state index in [4.69, 9.17) is 0 Å². The molecule has 6 heteroatoms. The van der Waals surface area contributed by atoms with E-state index in [0.717, 1.165) is 18.5 Å². The molecule has 0 bridgehead atoms. The minimum absolute atomic E-state index is 0.0390. The van der Waals surface area contributed by atoms with Gasteiger partial charge in [0, 0.05) is 36.6 Å². The van der Waals surface area contributed by atoms with E-state index in [9.17, 15) is 10.2 Å². The second kappa shape index (κ2) is 9.31. The zero-order valence-corrected chi connectivity index (χ0v) is 16.0. The van der Waals surface area contributed by atoms with Gasteiger partial charge < -0.3 is 20.0 Å². The molecule has 0 heterocycles. The third-order valence-electron chi connectivity index (χ3n) is 4.01. The molecule has 0 aliphatic heterocycles. The van der Waals surface area contributed by atoms with Crippen molar-refractivity contribution in [3.8, 4) is 11.5 Å². The second-order valence-electron chi connectivity index (χ2n) is 6.78. The zero-order chi connectivity index (χ0) is 19.1. The minimum Gasteiger partial charge on any atom is -0.506 e. The van der Waals surface area contributed by atoms with Gasteiger partial charge >= 0.3 is 0 Å². The van der Waals surface area contributed by atoms with Crippen LogP contribution in [0, 0.1) is 0 Å². The maximum absolute atomic E-state index is 10.6. The highest BCUT2D eigenvalue weighted by Gasteiger charge is 2.12. The van der Waals surface area contributed by atoms with Gasteiger partial charge in [0.15, 0.2) is 0 Å². The molecule has 0 radical (unpaired) electrons. The molecule has 0 fully saturated rings. The fraction of sp³-hybridized carbons (Fsp3) is 0.400. The highest BCUT2D eigenvalue weighted by Crippen LogP contribution is 2.36. The maximum Gasteiger partial charge on any atom is 0.135 e. The summed E-state index contributed by atoms with van der Waals surface area (Å²) in [5.41, 5.74) is 1.18. The molecule has 6 nitrogen and oxygen atoms in total. The van der Waals surface area contributed by atoms with E-state index in [1.165, 1.54) is 0 Å². The minimum atomic E-state index is 0.0390. The van der Waals surface area contributed by atoms with Crippen LogP contribution in [0.3, 0.4) is 0 Å². The Balaban J connectivity index is 2.28. The topological polar surface area (TPSA) is 71.7 Å². The Hall–Kier alpha value is -2.44. The van der Waals surface area contributed by atoms with Crippen molar-refractivity contribution in [2.75, 3.05) is 54.4 Å². The summed E-state index contributed by atoms with van der Waals surface area (Å²) in [4.78, 5) is 12.8. The second-order valence-corrected chi connectivity index (χ2v) is 6.78. The van der Waals surface area contributed by atoms with Crippen LogP contribution in [0.1, 0.15) is 11.1 Å². The molecule has 2 N–H and O–H groups in total. The van der Waals surface area contributed by atoms with Gasteiger partial charge in [0.2, 0.25) is 0 Å². The van der Waals surface area contributed by atoms with Crippen molar-refractivity contribution in [2.45, 2.75) is 0 Å². The Morgan fingerprint density at radius 3 is 1.58 bits per heavy atom. The Labute approximate surface area is 155 Å². The first-order valence-electron chi connectivity index (χ1n) is 8.67. The van der Waals surface area contributed by atoms with Crippen molar-refractivity contribution in [2.24, 2.45) is 9.98 Å². The van der Waals surface area contributed by atoms with Gasteiger partial charge in [-0.05, 0) is 45.7 Å². The number of benzene rings is 2. The number of aliphatic imine (C=N–C) groups is 2. The largest absolute Gasteiger partial charge is 0.506 e. The standard InChI is InChI=1S/C20H28N4O2/c1-23(2)11-9-21-13-16-7-5-15-6-8-17(14-22-10-12-24(3)4)20(26)18(15)19(16)25/h5-8,13-14,25-26H,9-12H2,1-4H3. The van der Waals surface area contributed by atoms with Crippen molar-refractivity contribution < 1.29 is 10.2 Å². The molecule has 26 heavy (non-hydrogen) atoms. The molecule has 140 valence electrons. The summed E-state index contributed by atoms with van der Waals surface area (Å²) in [6.07, 6.45) is 3.30. The number of nitrogens with zero attached hydrogens (tertiary/aromatic N) is 4. The fourth-order valence-electron chi connectivity index (χ4n) is 2.46. The Bertz CT molecular complexity index is 735. The van der Waals surface area contributed by atoms with E-state index in [-0.39, 0.29) is 11.5 Å². The molecule has 2 aromatic rings. The van der Waals surface area contributed by atoms with Crippen molar-refractivity contribution in [3.63, 3.8) is 0 Å². The summed E-state index contributed by atoms with van der Waals surface area (Å²) in [5.74, 6) is 0.0780. The van der Waals surface area contributed by atoms with Crippen LogP contribution in [-0.2, 0) is 0 Å².